The SMILES string of the molecule is O=C(NCCCO)c1c(NC(=O)C23CC4CC(CC2C4)C3)sc2c1CCCC2. The number of aliphatic hydroxyl groups excluding tert-OH is 1. The van der Waals surface area contributed by atoms with Gasteiger partial charge in [-0.1, -0.05) is 0 Å². The Morgan fingerprint density at radius 1 is 1.11 bits per heavy atom. The Morgan fingerprint density at radius 2 is 1.86 bits per heavy atom. The quantitative estimate of drug-likeness (QED) is 0.637. The molecule has 0 spiro atoms. The molecule has 2 unspecified atom stereocenters. The third-order valence-corrected chi connectivity index (χ3v) is 8.90. The second kappa shape index (κ2) is 7.13. The number of fused-ring (bicyclic) bond motifs is 1. The molecule has 0 aliphatic heterocycles. The zero-order valence-electron chi connectivity index (χ0n) is 16.4. The summed E-state index contributed by atoms with van der Waals surface area (Å²) in [5.74, 6) is 2.10. The van der Waals surface area contributed by atoms with Gasteiger partial charge in [-0.25, -0.2) is 0 Å². The first-order chi connectivity index (χ1) is 13.6. The van der Waals surface area contributed by atoms with Crippen molar-refractivity contribution in [1.29, 1.82) is 0 Å². The summed E-state index contributed by atoms with van der Waals surface area (Å²) in [4.78, 5) is 27.7. The van der Waals surface area contributed by atoms with Gasteiger partial charge in [0.05, 0.1) is 11.0 Å². The van der Waals surface area contributed by atoms with Gasteiger partial charge in [-0.15, -0.1) is 11.3 Å². The van der Waals surface area contributed by atoms with Gasteiger partial charge in [0, 0.05) is 18.0 Å². The zero-order valence-corrected chi connectivity index (χ0v) is 17.2. The van der Waals surface area contributed by atoms with Gasteiger partial charge in [0.2, 0.25) is 5.91 Å². The minimum atomic E-state index is -0.178. The average Bonchev–Trinajstić information content (AvgIpc) is 3.25. The van der Waals surface area contributed by atoms with Gasteiger partial charge >= 0.3 is 0 Å². The van der Waals surface area contributed by atoms with Gasteiger partial charge in [-0.3, -0.25) is 9.59 Å². The monoisotopic (exact) mass is 402 g/mol. The molecule has 0 radical (unpaired) electrons. The molecule has 4 fully saturated rings. The summed E-state index contributed by atoms with van der Waals surface area (Å²) in [5.41, 5.74) is 1.66. The van der Waals surface area contributed by atoms with Crippen molar-refractivity contribution in [3.05, 3.63) is 16.0 Å². The van der Waals surface area contributed by atoms with Crippen molar-refractivity contribution in [2.45, 2.75) is 64.2 Å². The van der Waals surface area contributed by atoms with Crippen LogP contribution in [0.4, 0.5) is 5.00 Å². The lowest BCUT2D eigenvalue weighted by atomic mass is 9.75. The van der Waals surface area contributed by atoms with Crippen LogP contribution in [0.25, 0.3) is 0 Å². The Morgan fingerprint density at radius 3 is 2.61 bits per heavy atom. The van der Waals surface area contributed by atoms with E-state index in [1.165, 1.54) is 24.1 Å². The summed E-state index contributed by atoms with van der Waals surface area (Å²) in [6.07, 6.45) is 10.6. The first-order valence-electron chi connectivity index (χ1n) is 11.0. The number of carbonyl (C=O) groups excluding carboxylic acids is 2. The van der Waals surface area contributed by atoms with Crippen molar-refractivity contribution in [2.75, 3.05) is 18.5 Å². The fourth-order valence-electron chi connectivity index (χ4n) is 6.66. The molecule has 152 valence electrons. The third-order valence-electron chi connectivity index (χ3n) is 7.69. The maximum atomic E-state index is 13.5. The maximum absolute atomic E-state index is 13.5. The van der Waals surface area contributed by atoms with E-state index < -0.39 is 0 Å². The van der Waals surface area contributed by atoms with Crippen molar-refractivity contribution >= 4 is 28.2 Å². The number of anilines is 1. The molecule has 6 rings (SSSR count). The van der Waals surface area contributed by atoms with E-state index in [1.807, 2.05) is 0 Å². The molecule has 4 bridgehead atoms. The summed E-state index contributed by atoms with van der Waals surface area (Å²) in [6, 6.07) is 0. The molecule has 3 N–H and O–H groups in total. The van der Waals surface area contributed by atoms with Crippen LogP contribution >= 0.6 is 11.3 Å². The molecule has 1 heterocycles. The van der Waals surface area contributed by atoms with Gasteiger partial charge in [-0.05, 0) is 87.5 Å². The number of hydrogen-bond donors (Lipinski definition) is 3. The standard InChI is InChI=1S/C22H30N2O3S/c25-7-3-6-23-19(26)18-16-4-1-2-5-17(16)28-20(18)24-21(27)22-11-13-8-14(12-22)10-15(22)9-13/h13-15,25H,1-12H2,(H,23,26)(H,24,27). The van der Waals surface area contributed by atoms with Crippen molar-refractivity contribution in [3.8, 4) is 0 Å². The molecule has 1 aromatic rings. The lowest BCUT2D eigenvalue weighted by molar-refractivity contribution is -0.127. The van der Waals surface area contributed by atoms with E-state index in [0.29, 0.717) is 24.4 Å². The topological polar surface area (TPSA) is 78.4 Å². The number of aliphatic hydroxyl groups is 1. The van der Waals surface area contributed by atoms with Crippen LogP contribution < -0.4 is 10.6 Å². The maximum Gasteiger partial charge on any atom is 0.254 e. The van der Waals surface area contributed by atoms with Crippen molar-refractivity contribution in [3.63, 3.8) is 0 Å². The molecule has 5 aliphatic carbocycles. The van der Waals surface area contributed by atoms with Crippen molar-refractivity contribution < 1.29 is 14.7 Å². The van der Waals surface area contributed by atoms with Gasteiger partial charge in [0.1, 0.15) is 5.00 Å². The minimum Gasteiger partial charge on any atom is -0.396 e. The molecule has 0 saturated heterocycles. The number of nitrogens with one attached hydrogen (secondary N) is 2. The summed E-state index contributed by atoms with van der Waals surface area (Å²) in [7, 11) is 0. The highest BCUT2D eigenvalue weighted by molar-refractivity contribution is 7.17. The van der Waals surface area contributed by atoms with Crippen LogP contribution in [0, 0.1) is 23.2 Å². The second-order valence-electron chi connectivity index (χ2n) is 9.40. The highest BCUT2D eigenvalue weighted by atomic mass is 32.1. The molecule has 6 heteroatoms. The van der Waals surface area contributed by atoms with Crippen molar-refractivity contribution in [2.24, 2.45) is 23.2 Å². The Labute approximate surface area is 170 Å². The number of carbonyl (C=O) groups is 2. The van der Waals surface area contributed by atoms with E-state index in [2.05, 4.69) is 10.6 Å². The molecule has 2 amide bonds. The average molecular weight is 403 g/mol. The Balaban J connectivity index is 1.41. The van der Waals surface area contributed by atoms with Gasteiger partial charge in [-0.2, -0.15) is 0 Å². The number of rotatable bonds is 6. The molecular weight excluding hydrogens is 372 g/mol. The Hall–Kier alpha value is -1.40. The molecule has 0 aromatic carbocycles. The van der Waals surface area contributed by atoms with Crippen LogP contribution in [0.5, 0.6) is 0 Å². The second-order valence-corrected chi connectivity index (χ2v) is 10.5. The molecule has 1 aromatic heterocycles. The van der Waals surface area contributed by atoms with Gasteiger partial charge in [0.25, 0.3) is 5.91 Å². The Bertz CT molecular complexity index is 788. The van der Waals surface area contributed by atoms with E-state index in [1.54, 1.807) is 11.3 Å². The van der Waals surface area contributed by atoms with Crippen LogP contribution in [-0.2, 0) is 17.6 Å². The van der Waals surface area contributed by atoms with E-state index in [4.69, 9.17) is 5.11 Å². The molecular formula is C22H30N2O3S. The van der Waals surface area contributed by atoms with Crippen LogP contribution in [0.1, 0.15) is 72.2 Å². The molecule has 28 heavy (non-hydrogen) atoms. The summed E-state index contributed by atoms with van der Waals surface area (Å²) >= 11 is 1.62. The fourth-order valence-corrected chi connectivity index (χ4v) is 7.94. The van der Waals surface area contributed by atoms with E-state index >= 15 is 0 Å². The predicted molar refractivity (Wildman–Crippen MR) is 110 cm³/mol. The lowest BCUT2D eigenvalue weighted by Gasteiger charge is -2.31. The zero-order chi connectivity index (χ0) is 19.3. The normalized spacial score (nSPS) is 32.4. The van der Waals surface area contributed by atoms with E-state index in [-0.39, 0.29) is 23.8 Å². The molecule has 2 atom stereocenters. The first-order valence-corrected chi connectivity index (χ1v) is 11.8. The van der Waals surface area contributed by atoms with Crippen LogP contribution in [0.3, 0.4) is 0 Å². The molecule has 4 saturated carbocycles. The van der Waals surface area contributed by atoms with Crippen LogP contribution in [-0.4, -0.2) is 30.1 Å². The number of aryl methyl sites for hydroxylation is 1. The molecule has 5 aliphatic rings. The van der Waals surface area contributed by atoms with Gasteiger partial charge < -0.3 is 15.7 Å². The van der Waals surface area contributed by atoms with Crippen LogP contribution in [0.15, 0.2) is 0 Å². The highest BCUT2D eigenvalue weighted by Gasteiger charge is 2.61. The summed E-state index contributed by atoms with van der Waals surface area (Å²) < 4.78 is 0. The molecule has 5 nitrogen and oxygen atoms in total. The van der Waals surface area contributed by atoms with E-state index in [0.717, 1.165) is 60.9 Å². The minimum absolute atomic E-state index is 0.0673. The van der Waals surface area contributed by atoms with Crippen molar-refractivity contribution in [1.82, 2.24) is 5.32 Å². The van der Waals surface area contributed by atoms with Crippen LogP contribution in [0.2, 0.25) is 0 Å². The Kier molecular flexibility index (Phi) is 4.74. The first kappa shape index (κ1) is 18.6. The van der Waals surface area contributed by atoms with E-state index in [9.17, 15) is 9.59 Å². The predicted octanol–water partition coefficient (Wildman–Crippen LogP) is 3.50. The lowest BCUT2D eigenvalue weighted by Crippen LogP contribution is -2.37. The smallest absolute Gasteiger partial charge is 0.254 e. The summed E-state index contributed by atoms with van der Waals surface area (Å²) in [6.45, 7) is 0.528. The van der Waals surface area contributed by atoms with Gasteiger partial charge in [0.15, 0.2) is 0 Å². The largest absolute Gasteiger partial charge is 0.396 e. The summed E-state index contributed by atoms with van der Waals surface area (Å²) in [5, 5.41) is 16.0. The number of amides is 2. The number of hydrogen-bond acceptors (Lipinski definition) is 4. The number of thiophene rings is 1. The third kappa shape index (κ3) is 2.91. The highest BCUT2D eigenvalue weighted by Crippen LogP contribution is 2.65. The fraction of sp³-hybridized carbons (Fsp3) is 0.727.